The van der Waals surface area contributed by atoms with Gasteiger partial charge in [0.05, 0.1) is 13.7 Å². The van der Waals surface area contributed by atoms with E-state index >= 15 is 0 Å². The van der Waals surface area contributed by atoms with Crippen LogP contribution in [-0.4, -0.2) is 73.4 Å². The SMILES string of the molecule is COc1ccccc1CCN=C(NC#N)N[C@H]1CCCCN(CC(=O)N2CCCC2)C1=O. The van der Waals surface area contributed by atoms with Crippen LogP contribution in [0.4, 0.5) is 0 Å². The van der Waals surface area contributed by atoms with Crippen molar-refractivity contribution < 1.29 is 14.3 Å². The van der Waals surface area contributed by atoms with E-state index in [2.05, 4.69) is 15.6 Å². The Labute approximate surface area is 189 Å². The molecule has 2 aliphatic heterocycles. The van der Waals surface area contributed by atoms with Gasteiger partial charge in [-0.1, -0.05) is 18.2 Å². The Morgan fingerprint density at radius 3 is 2.72 bits per heavy atom. The largest absolute Gasteiger partial charge is 0.496 e. The topological polar surface area (TPSA) is 110 Å². The maximum Gasteiger partial charge on any atom is 0.245 e. The second-order valence-corrected chi connectivity index (χ2v) is 8.07. The van der Waals surface area contributed by atoms with E-state index in [4.69, 9.17) is 10.00 Å². The Balaban J connectivity index is 1.61. The summed E-state index contributed by atoms with van der Waals surface area (Å²) in [5.41, 5.74) is 1.02. The number of para-hydroxylation sites is 1. The molecule has 0 aromatic heterocycles. The van der Waals surface area contributed by atoms with Crippen molar-refractivity contribution in [3.05, 3.63) is 29.8 Å². The normalized spacial score (nSPS) is 19.3. The standard InChI is InChI=1S/C23H32N6O3/c1-32-20-10-3-2-8-18(20)11-12-25-23(26-17-24)27-19-9-4-5-15-29(22(19)31)16-21(30)28-13-6-7-14-28/h2-3,8,10,19H,4-7,9,11-16H2,1H3,(H2,25,26,27)/t19-/m0/s1. The molecule has 0 aliphatic carbocycles. The van der Waals surface area contributed by atoms with Crippen LogP contribution < -0.4 is 15.4 Å². The van der Waals surface area contributed by atoms with Crippen molar-refractivity contribution in [2.75, 3.05) is 39.8 Å². The molecule has 0 saturated carbocycles. The molecule has 2 heterocycles. The molecular formula is C23H32N6O3. The van der Waals surface area contributed by atoms with Crippen LogP contribution in [0.15, 0.2) is 29.3 Å². The van der Waals surface area contributed by atoms with E-state index in [1.54, 1.807) is 12.0 Å². The number of benzene rings is 1. The van der Waals surface area contributed by atoms with E-state index in [9.17, 15) is 9.59 Å². The summed E-state index contributed by atoms with van der Waals surface area (Å²) in [7, 11) is 1.63. The van der Waals surface area contributed by atoms with Crippen LogP contribution in [-0.2, 0) is 16.0 Å². The van der Waals surface area contributed by atoms with Crippen molar-refractivity contribution in [1.29, 1.82) is 5.26 Å². The summed E-state index contributed by atoms with van der Waals surface area (Å²) in [6.45, 7) is 2.66. The van der Waals surface area contributed by atoms with E-state index in [0.29, 0.717) is 25.9 Å². The zero-order valence-corrected chi connectivity index (χ0v) is 18.7. The molecule has 2 aliphatic rings. The molecule has 2 saturated heterocycles. The third-order valence-corrected chi connectivity index (χ3v) is 5.89. The molecule has 1 atom stereocenters. The van der Waals surface area contributed by atoms with E-state index in [1.165, 1.54) is 0 Å². The van der Waals surface area contributed by atoms with Crippen LogP contribution in [0.1, 0.15) is 37.7 Å². The fourth-order valence-electron chi connectivity index (χ4n) is 4.16. The Hall–Kier alpha value is -3.28. The molecule has 0 unspecified atom stereocenters. The summed E-state index contributed by atoms with van der Waals surface area (Å²) >= 11 is 0. The maximum absolute atomic E-state index is 13.1. The predicted octanol–water partition coefficient (Wildman–Crippen LogP) is 1.26. The number of hydrogen-bond acceptors (Lipinski definition) is 5. The van der Waals surface area contributed by atoms with Gasteiger partial charge in [-0.3, -0.25) is 19.9 Å². The number of hydrogen-bond donors (Lipinski definition) is 2. The Bertz CT molecular complexity index is 860. The molecule has 9 heteroatoms. The van der Waals surface area contributed by atoms with Crippen LogP contribution in [0.2, 0.25) is 0 Å². The number of carbonyl (C=O) groups is 2. The minimum atomic E-state index is -0.519. The molecule has 9 nitrogen and oxygen atoms in total. The highest BCUT2D eigenvalue weighted by molar-refractivity contribution is 5.92. The zero-order valence-electron chi connectivity index (χ0n) is 18.7. The third-order valence-electron chi connectivity index (χ3n) is 5.89. The summed E-state index contributed by atoms with van der Waals surface area (Å²) in [6, 6.07) is 7.20. The average molecular weight is 441 g/mol. The number of guanidine groups is 1. The van der Waals surface area contributed by atoms with Gasteiger partial charge in [-0.25, -0.2) is 0 Å². The lowest BCUT2D eigenvalue weighted by Gasteiger charge is -2.27. The molecule has 2 N–H and O–H groups in total. The van der Waals surface area contributed by atoms with Gasteiger partial charge in [0.1, 0.15) is 11.8 Å². The van der Waals surface area contributed by atoms with Crippen molar-refractivity contribution in [3.63, 3.8) is 0 Å². The van der Waals surface area contributed by atoms with E-state index < -0.39 is 6.04 Å². The number of ether oxygens (including phenoxy) is 1. The van der Waals surface area contributed by atoms with E-state index in [-0.39, 0.29) is 24.3 Å². The number of carbonyl (C=O) groups excluding carboxylic acids is 2. The van der Waals surface area contributed by atoms with Crippen molar-refractivity contribution in [1.82, 2.24) is 20.4 Å². The van der Waals surface area contributed by atoms with Gasteiger partial charge < -0.3 is 19.9 Å². The van der Waals surface area contributed by atoms with Crippen molar-refractivity contribution in [2.24, 2.45) is 4.99 Å². The molecule has 0 bridgehead atoms. The molecule has 2 amide bonds. The Kier molecular flexibility index (Phi) is 8.72. The van der Waals surface area contributed by atoms with Gasteiger partial charge in [0, 0.05) is 26.2 Å². The lowest BCUT2D eigenvalue weighted by atomic mass is 10.1. The van der Waals surface area contributed by atoms with Crippen LogP contribution in [0.5, 0.6) is 5.75 Å². The second kappa shape index (κ2) is 11.9. The molecule has 1 aromatic rings. The zero-order chi connectivity index (χ0) is 22.8. The minimum Gasteiger partial charge on any atom is -0.496 e. The van der Waals surface area contributed by atoms with Gasteiger partial charge in [0.2, 0.25) is 17.8 Å². The first-order valence-corrected chi connectivity index (χ1v) is 11.3. The number of amides is 2. The highest BCUT2D eigenvalue weighted by Crippen LogP contribution is 2.18. The molecule has 2 fully saturated rings. The van der Waals surface area contributed by atoms with E-state index in [1.807, 2.05) is 35.4 Å². The quantitative estimate of drug-likeness (QED) is 0.286. The smallest absolute Gasteiger partial charge is 0.245 e. The third kappa shape index (κ3) is 6.36. The first-order chi connectivity index (χ1) is 15.6. The van der Waals surface area contributed by atoms with Crippen molar-refractivity contribution in [2.45, 2.75) is 44.6 Å². The fraction of sp³-hybridized carbons (Fsp3) is 0.565. The minimum absolute atomic E-state index is 0.0114. The first-order valence-electron chi connectivity index (χ1n) is 11.3. The highest BCUT2D eigenvalue weighted by Gasteiger charge is 2.30. The van der Waals surface area contributed by atoms with Crippen LogP contribution in [0, 0.1) is 11.5 Å². The molecule has 0 spiro atoms. The summed E-state index contributed by atoms with van der Waals surface area (Å²) in [5, 5.41) is 14.8. The first kappa shape index (κ1) is 23.4. The second-order valence-electron chi connectivity index (χ2n) is 8.07. The number of nitrogens with zero attached hydrogens (tertiary/aromatic N) is 4. The molecule has 1 aromatic carbocycles. The molecule has 0 radical (unpaired) electrons. The summed E-state index contributed by atoms with van der Waals surface area (Å²) in [6.07, 6.45) is 6.92. The number of nitriles is 1. The Morgan fingerprint density at radius 2 is 1.97 bits per heavy atom. The Morgan fingerprint density at radius 1 is 1.22 bits per heavy atom. The van der Waals surface area contributed by atoms with Gasteiger partial charge in [-0.05, 0) is 50.2 Å². The molecule has 3 rings (SSSR count). The maximum atomic E-state index is 13.1. The van der Waals surface area contributed by atoms with Crippen LogP contribution in [0.3, 0.4) is 0 Å². The van der Waals surface area contributed by atoms with Gasteiger partial charge in [-0.15, -0.1) is 0 Å². The molecular weight excluding hydrogens is 408 g/mol. The number of rotatable bonds is 7. The summed E-state index contributed by atoms with van der Waals surface area (Å²) in [5.74, 6) is 0.959. The monoisotopic (exact) mass is 440 g/mol. The molecule has 172 valence electrons. The predicted molar refractivity (Wildman–Crippen MR) is 121 cm³/mol. The number of methoxy groups -OCH3 is 1. The van der Waals surface area contributed by atoms with Gasteiger partial charge in [-0.2, -0.15) is 5.26 Å². The van der Waals surface area contributed by atoms with Crippen LogP contribution >= 0.6 is 0 Å². The molecule has 32 heavy (non-hydrogen) atoms. The van der Waals surface area contributed by atoms with Gasteiger partial charge in [0.25, 0.3) is 0 Å². The summed E-state index contributed by atoms with van der Waals surface area (Å²) in [4.78, 5) is 33.6. The number of likely N-dealkylation sites (tertiary alicyclic amines) is 2. The van der Waals surface area contributed by atoms with Gasteiger partial charge >= 0.3 is 0 Å². The van der Waals surface area contributed by atoms with Crippen molar-refractivity contribution >= 4 is 17.8 Å². The lowest BCUT2D eigenvalue weighted by Crippen LogP contribution is -2.52. The number of nitrogens with one attached hydrogen (secondary N) is 2. The fourth-order valence-corrected chi connectivity index (χ4v) is 4.16. The number of aliphatic imine (C=N–C) groups is 1. The highest BCUT2D eigenvalue weighted by atomic mass is 16.5. The van der Waals surface area contributed by atoms with Crippen molar-refractivity contribution in [3.8, 4) is 11.9 Å². The van der Waals surface area contributed by atoms with Gasteiger partial charge in [0.15, 0.2) is 6.19 Å². The van der Waals surface area contributed by atoms with E-state index in [0.717, 1.165) is 50.1 Å². The van der Waals surface area contributed by atoms with Crippen LogP contribution in [0.25, 0.3) is 0 Å². The summed E-state index contributed by atoms with van der Waals surface area (Å²) < 4.78 is 5.37. The average Bonchev–Trinajstić information content (AvgIpc) is 3.29. The lowest BCUT2D eigenvalue weighted by molar-refractivity contribution is -0.140.